The van der Waals surface area contributed by atoms with Crippen molar-refractivity contribution in [2.75, 3.05) is 19.6 Å². The number of aryl methyl sites for hydroxylation is 1. The van der Waals surface area contributed by atoms with Crippen molar-refractivity contribution in [2.45, 2.75) is 25.8 Å². The van der Waals surface area contributed by atoms with Crippen molar-refractivity contribution in [3.05, 3.63) is 74.7 Å². The van der Waals surface area contributed by atoms with E-state index in [0.717, 1.165) is 53.5 Å². The summed E-state index contributed by atoms with van der Waals surface area (Å²) < 4.78 is 1.03. The van der Waals surface area contributed by atoms with Crippen LogP contribution in [0.3, 0.4) is 0 Å². The number of allylic oxidation sites excluding steroid dienone is 1. The van der Waals surface area contributed by atoms with Crippen molar-refractivity contribution in [3.63, 3.8) is 0 Å². The van der Waals surface area contributed by atoms with Crippen molar-refractivity contribution < 1.29 is 0 Å². The molecule has 2 nitrogen and oxygen atoms in total. The lowest BCUT2D eigenvalue weighted by molar-refractivity contribution is 0.512. The first-order valence-corrected chi connectivity index (χ1v) is 10.5. The van der Waals surface area contributed by atoms with E-state index in [1.165, 1.54) is 24.1 Å². The van der Waals surface area contributed by atoms with Gasteiger partial charge in [-0.3, -0.25) is 0 Å². The lowest BCUT2D eigenvalue weighted by atomic mass is 10.1. The first kappa shape index (κ1) is 19.6. The van der Waals surface area contributed by atoms with Crippen LogP contribution in [0.1, 0.15) is 29.5 Å². The van der Waals surface area contributed by atoms with Crippen LogP contribution in [-0.4, -0.2) is 19.6 Å². The number of nitrogens with one attached hydrogen (secondary N) is 2. The standard InChI is InChI=1S/C22H26BrClN2/c23-22-13-21(24)9-8-20(22)7-2-1-4-17-5-3-6-18(12-17)14-26-16-19-10-11-25-15-19/h2-3,5-9,12-13,19,25-26H,1,4,10-11,14-16H2/b7-2+. The topological polar surface area (TPSA) is 24.1 Å². The van der Waals surface area contributed by atoms with Gasteiger partial charge in [-0.1, -0.05) is 70.0 Å². The third-order valence-corrected chi connectivity index (χ3v) is 5.70. The maximum Gasteiger partial charge on any atom is 0.0417 e. The van der Waals surface area contributed by atoms with E-state index in [0.29, 0.717) is 0 Å². The molecule has 0 spiro atoms. The molecule has 0 aliphatic carbocycles. The highest BCUT2D eigenvalue weighted by Crippen LogP contribution is 2.22. The summed E-state index contributed by atoms with van der Waals surface area (Å²) in [5.74, 6) is 0.788. The normalized spacial score (nSPS) is 17.2. The molecule has 1 saturated heterocycles. The highest BCUT2D eigenvalue weighted by atomic mass is 79.9. The molecule has 138 valence electrons. The SMILES string of the molecule is Clc1ccc(/C=C/CCc2cccc(CNCC3CCNC3)c2)c(Br)c1. The number of halogens is 2. The predicted molar refractivity (Wildman–Crippen MR) is 116 cm³/mol. The lowest BCUT2D eigenvalue weighted by Crippen LogP contribution is -2.24. The van der Waals surface area contributed by atoms with Gasteiger partial charge in [0.2, 0.25) is 0 Å². The number of benzene rings is 2. The zero-order valence-electron chi connectivity index (χ0n) is 15.0. The van der Waals surface area contributed by atoms with Gasteiger partial charge < -0.3 is 10.6 Å². The summed E-state index contributed by atoms with van der Waals surface area (Å²) in [7, 11) is 0. The van der Waals surface area contributed by atoms with Crippen LogP contribution >= 0.6 is 27.5 Å². The maximum atomic E-state index is 5.98. The zero-order chi connectivity index (χ0) is 18.2. The number of rotatable bonds is 8. The van der Waals surface area contributed by atoms with E-state index in [9.17, 15) is 0 Å². The predicted octanol–water partition coefficient (Wildman–Crippen LogP) is 5.45. The van der Waals surface area contributed by atoms with Crippen LogP contribution in [-0.2, 0) is 13.0 Å². The molecular weight excluding hydrogens is 408 g/mol. The molecule has 0 aromatic heterocycles. The summed E-state index contributed by atoms with van der Waals surface area (Å²) in [6.45, 7) is 4.39. The van der Waals surface area contributed by atoms with Gasteiger partial charge in [0.25, 0.3) is 0 Å². The van der Waals surface area contributed by atoms with Gasteiger partial charge in [0.1, 0.15) is 0 Å². The summed E-state index contributed by atoms with van der Waals surface area (Å²) in [6.07, 6.45) is 7.76. The minimum absolute atomic E-state index is 0.753. The monoisotopic (exact) mass is 432 g/mol. The van der Waals surface area contributed by atoms with Gasteiger partial charge in [-0.2, -0.15) is 0 Å². The smallest absolute Gasteiger partial charge is 0.0417 e. The van der Waals surface area contributed by atoms with Crippen molar-refractivity contribution in [1.29, 1.82) is 0 Å². The maximum absolute atomic E-state index is 5.98. The Labute approximate surface area is 170 Å². The van der Waals surface area contributed by atoms with Gasteiger partial charge in [0.15, 0.2) is 0 Å². The molecule has 0 saturated carbocycles. The molecule has 1 atom stereocenters. The Morgan fingerprint density at radius 2 is 2.08 bits per heavy atom. The Kier molecular flexibility index (Phi) is 7.75. The van der Waals surface area contributed by atoms with Gasteiger partial charge >= 0.3 is 0 Å². The van der Waals surface area contributed by atoms with Crippen LogP contribution in [0.4, 0.5) is 0 Å². The molecule has 4 heteroatoms. The molecule has 1 aliphatic rings. The second-order valence-electron chi connectivity index (χ2n) is 6.92. The molecule has 2 aromatic carbocycles. The fourth-order valence-electron chi connectivity index (χ4n) is 3.30. The van der Waals surface area contributed by atoms with E-state index < -0.39 is 0 Å². The van der Waals surface area contributed by atoms with Crippen LogP contribution in [0.25, 0.3) is 6.08 Å². The van der Waals surface area contributed by atoms with Crippen molar-refractivity contribution in [3.8, 4) is 0 Å². The molecular formula is C22H26BrClN2. The van der Waals surface area contributed by atoms with Gasteiger partial charge in [0, 0.05) is 16.0 Å². The summed E-state index contributed by atoms with van der Waals surface area (Å²) in [6, 6.07) is 14.8. The molecule has 0 radical (unpaired) electrons. The first-order chi connectivity index (χ1) is 12.7. The van der Waals surface area contributed by atoms with E-state index in [1.807, 2.05) is 18.2 Å². The third-order valence-electron chi connectivity index (χ3n) is 4.78. The molecule has 0 bridgehead atoms. The van der Waals surface area contributed by atoms with Crippen LogP contribution in [0.2, 0.25) is 5.02 Å². The molecule has 26 heavy (non-hydrogen) atoms. The van der Waals surface area contributed by atoms with E-state index in [1.54, 1.807) is 0 Å². The largest absolute Gasteiger partial charge is 0.316 e. The number of hydrogen-bond donors (Lipinski definition) is 2. The zero-order valence-corrected chi connectivity index (χ0v) is 17.3. The molecule has 1 aliphatic heterocycles. The quantitative estimate of drug-likeness (QED) is 0.578. The van der Waals surface area contributed by atoms with E-state index in [4.69, 9.17) is 11.6 Å². The summed E-state index contributed by atoms with van der Waals surface area (Å²) in [5, 5.41) is 7.77. The molecule has 0 amide bonds. The Hall–Kier alpha value is -1.13. The Morgan fingerprint density at radius 1 is 1.19 bits per heavy atom. The van der Waals surface area contributed by atoms with Gasteiger partial charge in [-0.05, 0) is 73.6 Å². The third kappa shape index (κ3) is 6.24. The summed E-state index contributed by atoms with van der Waals surface area (Å²) >= 11 is 9.54. The van der Waals surface area contributed by atoms with Crippen LogP contribution in [0, 0.1) is 5.92 Å². The summed E-state index contributed by atoms with van der Waals surface area (Å²) in [5.41, 5.74) is 3.93. The van der Waals surface area contributed by atoms with E-state index >= 15 is 0 Å². The van der Waals surface area contributed by atoms with Crippen molar-refractivity contribution in [1.82, 2.24) is 10.6 Å². The second kappa shape index (κ2) is 10.3. The highest BCUT2D eigenvalue weighted by molar-refractivity contribution is 9.10. The van der Waals surface area contributed by atoms with Gasteiger partial charge in [0.05, 0.1) is 0 Å². The van der Waals surface area contributed by atoms with Crippen LogP contribution in [0.15, 0.2) is 53.0 Å². The fourth-order valence-corrected chi connectivity index (χ4v) is 4.12. The molecule has 3 rings (SSSR count). The lowest BCUT2D eigenvalue weighted by Gasteiger charge is -2.10. The van der Waals surface area contributed by atoms with Gasteiger partial charge in [-0.15, -0.1) is 0 Å². The minimum Gasteiger partial charge on any atom is -0.316 e. The van der Waals surface area contributed by atoms with Crippen molar-refractivity contribution in [2.24, 2.45) is 5.92 Å². The highest BCUT2D eigenvalue weighted by Gasteiger charge is 2.13. The number of hydrogen-bond acceptors (Lipinski definition) is 2. The van der Waals surface area contributed by atoms with Crippen LogP contribution < -0.4 is 10.6 Å². The average molecular weight is 434 g/mol. The van der Waals surface area contributed by atoms with Crippen molar-refractivity contribution >= 4 is 33.6 Å². The molecule has 2 N–H and O–H groups in total. The molecule has 2 aromatic rings. The Balaban J connectivity index is 1.45. The summed E-state index contributed by atoms with van der Waals surface area (Å²) in [4.78, 5) is 0. The van der Waals surface area contributed by atoms with E-state index in [2.05, 4.69) is 63.0 Å². The minimum atomic E-state index is 0.753. The van der Waals surface area contributed by atoms with Gasteiger partial charge in [-0.25, -0.2) is 0 Å². The van der Waals surface area contributed by atoms with E-state index in [-0.39, 0.29) is 0 Å². The molecule has 1 heterocycles. The first-order valence-electron chi connectivity index (χ1n) is 9.31. The average Bonchev–Trinajstić information content (AvgIpc) is 3.14. The fraction of sp³-hybridized carbons (Fsp3) is 0.364. The van der Waals surface area contributed by atoms with Crippen LogP contribution in [0.5, 0.6) is 0 Å². The Bertz CT molecular complexity index is 739. The second-order valence-corrected chi connectivity index (χ2v) is 8.21. The molecule has 1 unspecified atom stereocenters. The molecule has 1 fully saturated rings. The Morgan fingerprint density at radius 3 is 2.88 bits per heavy atom.